The van der Waals surface area contributed by atoms with Crippen molar-refractivity contribution in [2.24, 2.45) is 0 Å². The molecule has 1 amide bonds. The van der Waals surface area contributed by atoms with E-state index in [0.717, 1.165) is 21.7 Å². The fraction of sp³-hybridized carbons (Fsp3) is 0.353. The minimum absolute atomic E-state index is 0.0685. The molecule has 0 unspecified atom stereocenters. The lowest BCUT2D eigenvalue weighted by Gasteiger charge is -2.07. The van der Waals surface area contributed by atoms with Crippen LogP contribution in [-0.2, 0) is 11.2 Å². The van der Waals surface area contributed by atoms with Crippen LogP contribution in [0.4, 0.5) is 0 Å². The van der Waals surface area contributed by atoms with Crippen LogP contribution in [0, 0.1) is 0 Å². The summed E-state index contributed by atoms with van der Waals surface area (Å²) in [5.41, 5.74) is 0. The highest BCUT2D eigenvalue weighted by molar-refractivity contribution is 9.11. The highest BCUT2D eigenvalue weighted by Crippen LogP contribution is 2.22. The van der Waals surface area contributed by atoms with E-state index in [1.165, 1.54) is 4.88 Å². The Labute approximate surface area is 148 Å². The van der Waals surface area contributed by atoms with E-state index in [-0.39, 0.29) is 5.91 Å². The lowest BCUT2D eigenvalue weighted by atomic mass is 10.3. The molecule has 0 bridgehead atoms. The van der Waals surface area contributed by atoms with Crippen LogP contribution in [0.2, 0.25) is 0 Å². The third-order valence-electron chi connectivity index (χ3n) is 3.20. The van der Waals surface area contributed by atoms with Gasteiger partial charge < -0.3 is 14.8 Å². The molecule has 2 rings (SSSR count). The number of nitrogens with one attached hydrogen (secondary N) is 1. The van der Waals surface area contributed by atoms with Crippen LogP contribution in [0.1, 0.15) is 17.7 Å². The van der Waals surface area contributed by atoms with Crippen LogP contribution in [0.15, 0.2) is 40.2 Å². The summed E-state index contributed by atoms with van der Waals surface area (Å²) < 4.78 is 11.8. The summed E-state index contributed by atoms with van der Waals surface area (Å²) >= 11 is 5.13. The highest BCUT2D eigenvalue weighted by Gasteiger charge is 2.03. The number of halogens is 1. The topological polar surface area (TPSA) is 47.6 Å². The lowest BCUT2D eigenvalue weighted by molar-refractivity contribution is -0.121. The number of thiophene rings is 1. The van der Waals surface area contributed by atoms with E-state index in [0.29, 0.717) is 26.0 Å². The van der Waals surface area contributed by atoms with Gasteiger partial charge in [0.05, 0.1) is 17.5 Å². The highest BCUT2D eigenvalue weighted by atomic mass is 79.9. The first kappa shape index (κ1) is 17.8. The summed E-state index contributed by atoms with van der Waals surface area (Å²) in [7, 11) is 1.63. The molecule has 1 N–H and O–H groups in total. The molecule has 0 aliphatic rings. The Morgan fingerprint density at radius 2 is 1.91 bits per heavy atom. The molecule has 0 spiro atoms. The van der Waals surface area contributed by atoms with Crippen molar-refractivity contribution in [2.75, 3.05) is 20.3 Å². The van der Waals surface area contributed by atoms with E-state index in [2.05, 4.69) is 27.3 Å². The van der Waals surface area contributed by atoms with Crippen LogP contribution in [-0.4, -0.2) is 26.2 Å². The molecule has 0 atom stereocenters. The summed E-state index contributed by atoms with van der Waals surface area (Å²) in [5, 5.41) is 2.93. The number of methoxy groups -OCH3 is 1. The van der Waals surface area contributed by atoms with E-state index >= 15 is 0 Å². The van der Waals surface area contributed by atoms with Crippen molar-refractivity contribution < 1.29 is 14.3 Å². The van der Waals surface area contributed by atoms with Gasteiger partial charge in [-0.2, -0.15) is 0 Å². The molecule has 0 aliphatic heterocycles. The van der Waals surface area contributed by atoms with Crippen LogP contribution in [0.25, 0.3) is 0 Å². The number of benzene rings is 1. The van der Waals surface area contributed by atoms with Crippen molar-refractivity contribution in [1.82, 2.24) is 5.32 Å². The Balaban J connectivity index is 1.55. The Morgan fingerprint density at radius 1 is 1.17 bits per heavy atom. The molecule has 0 radical (unpaired) electrons. The quantitative estimate of drug-likeness (QED) is 0.649. The fourth-order valence-corrected chi connectivity index (χ4v) is 3.48. The zero-order chi connectivity index (χ0) is 16.5. The van der Waals surface area contributed by atoms with E-state index < -0.39 is 0 Å². The van der Waals surface area contributed by atoms with Crippen LogP contribution in [0.5, 0.6) is 11.5 Å². The standard InChI is InChI=1S/C17H20BrNO3S/c1-21-13-4-6-14(7-5-13)22-12-2-3-17(20)19-11-10-15-8-9-16(18)23-15/h4-9H,2-3,10-12H2,1H3,(H,19,20). The van der Waals surface area contributed by atoms with Crippen LogP contribution in [0.3, 0.4) is 0 Å². The van der Waals surface area contributed by atoms with E-state index in [4.69, 9.17) is 9.47 Å². The van der Waals surface area contributed by atoms with Crippen molar-refractivity contribution in [1.29, 1.82) is 0 Å². The van der Waals surface area contributed by atoms with Crippen molar-refractivity contribution in [2.45, 2.75) is 19.3 Å². The van der Waals surface area contributed by atoms with Gasteiger partial charge >= 0.3 is 0 Å². The van der Waals surface area contributed by atoms with Gasteiger partial charge in [-0.15, -0.1) is 11.3 Å². The van der Waals surface area contributed by atoms with Crippen molar-refractivity contribution in [3.8, 4) is 11.5 Å². The summed E-state index contributed by atoms with van der Waals surface area (Å²) in [6.07, 6.45) is 2.04. The second-order valence-corrected chi connectivity index (χ2v) is 7.48. The first-order valence-electron chi connectivity index (χ1n) is 7.45. The molecule has 6 heteroatoms. The zero-order valence-electron chi connectivity index (χ0n) is 13.0. The van der Waals surface area contributed by atoms with Gasteiger partial charge in [0.2, 0.25) is 5.91 Å². The molecular weight excluding hydrogens is 378 g/mol. The molecule has 0 saturated heterocycles. The van der Waals surface area contributed by atoms with E-state index in [1.54, 1.807) is 18.4 Å². The Morgan fingerprint density at radius 3 is 2.57 bits per heavy atom. The van der Waals surface area contributed by atoms with Crippen LogP contribution >= 0.6 is 27.3 Å². The average Bonchev–Trinajstić information content (AvgIpc) is 2.97. The normalized spacial score (nSPS) is 10.3. The first-order valence-corrected chi connectivity index (χ1v) is 9.06. The third kappa shape index (κ3) is 6.62. The van der Waals surface area contributed by atoms with Gasteiger partial charge in [0.25, 0.3) is 0 Å². The number of carbonyl (C=O) groups excluding carboxylic acids is 1. The first-order chi connectivity index (χ1) is 11.2. The second kappa shape index (κ2) is 9.57. The molecule has 2 aromatic rings. The molecule has 0 fully saturated rings. The van der Waals surface area contributed by atoms with Crippen LogP contribution < -0.4 is 14.8 Å². The number of hydrogen-bond donors (Lipinski definition) is 1. The van der Waals surface area contributed by atoms with Gasteiger partial charge in [-0.05, 0) is 65.2 Å². The molecule has 1 aromatic carbocycles. The second-order valence-electron chi connectivity index (χ2n) is 4.93. The van der Waals surface area contributed by atoms with Crippen molar-refractivity contribution in [3.63, 3.8) is 0 Å². The molecule has 124 valence electrons. The summed E-state index contributed by atoms with van der Waals surface area (Å²) in [6.45, 7) is 1.20. The number of amides is 1. The minimum Gasteiger partial charge on any atom is -0.497 e. The Kier molecular flexibility index (Phi) is 7.42. The smallest absolute Gasteiger partial charge is 0.220 e. The van der Waals surface area contributed by atoms with Crippen molar-refractivity contribution >= 4 is 33.2 Å². The molecule has 0 aliphatic carbocycles. The number of hydrogen-bond acceptors (Lipinski definition) is 4. The maximum Gasteiger partial charge on any atom is 0.220 e. The SMILES string of the molecule is COc1ccc(OCCCC(=O)NCCc2ccc(Br)s2)cc1. The molecule has 1 aromatic heterocycles. The van der Waals surface area contributed by atoms with Crippen molar-refractivity contribution in [3.05, 3.63) is 45.1 Å². The summed E-state index contributed by atoms with van der Waals surface area (Å²) in [4.78, 5) is 13.0. The van der Waals surface area contributed by atoms with Gasteiger partial charge in [-0.1, -0.05) is 0 Å². The summed E-state index contributed by atoms with van der Waals surface area (Å²) in [6, 6.07) is 11.5. The van der Waals surface area contributed by atoms with Gasteiger partial charge in [-0.3, -0.25) is 4.79 Å². The van der Waals surface area contributed by atoms with Gasteiger partial charge in [0, 0.05) is 17.8 Å². The molecular formula is C17H20BrNO3S. The Bertz CT molecular complexity index is 613. The largest absolute Gasteiger partial charge is 0.497 e. The van der Waals surface area contributed by atoms with Gasteiger partial charge in [0.1, 0.15) is 11.5 Å². The monoisotopic (exact) mass is 397 g/mol. The zero-order valence-corrected chi connectivity index (χ0v) is 15.4. The average molecular weight is 398 g/mol. The number of ether oxygens (including phenoxy) is 2. The Hall–Kier alpha value is -1.53. The van der Waals surface area contributed by atoms with E-state index in [1.807, 2.05) is 30.3 Å². The molecule has 0 saturated carbocycles. The van der Waals surface area contributed by atoms with Gasteiger partial charge in [0.15, 0.2) is 0 Å². The number of rotatable bonds is 9. The predicted octanol–water partition coefficient (Wildman–Crippen LogP) is 4.04. The van der Waals surface area contributed by atoms with E-state index in [9.17, 15) is 4.79 Å². The summed E-state index contributed by atoms with van der Waals surface area (Å²) in [5.74, 6) is 1.66. The van der Waals surface area contributed by atoms with Gasteiger partial charge in [-0.25, -0.2) is 0 Å². The third-order valence-corrected chi connectivity index (χ3v) is 4.88. The maximum atomic E-state index is 11.7. The minimum atomic E-state index is 0.0685. The predicted molar refractivity (Wildman–Crippen MR) is 96.5 cm³/mol. The molecule has 1 heterocycles. The molecule has 23 heavy (non-hydrogen) atoms. The lowest BCUT2D eigenvalue weighted by Crippen LogP contribution is -2.25. The fourth-order valence-electron chi connectivity index (χ4n) is 1.99. The molecule has 4 nitrogen and oxygen atoms in total. The maximum absolute atomic E-state index is 11.7. The number of carbonyl (C=O) groups is 1.